The molecule has 4 heteroatoms. The van der Waals surface area contributed by atoms with Crippen LogP contribution in [-0.4, -0.2) is 14.8 Å². The molecule has 3 aromatic rings. The summed E-state index contributed by atoms with van der Waals surface area (Å²) in [7, 11) is 0. The Morgan fingerprint density at radius 3 is 2.58 bits per heavy atom. The van der Waals surface area contributed by atoms with Crippen molar-refractivity contribution in [1.29, 1.82) is 0 Å². The summed E-state index contributed by atoms with van der Waals surface area (Å²) in [5.74, 6) is 0.367. The van der Waals surface area contributed by atoms with Crippen LogP contribution in [0.3, 0.4) is 0 Å². The van der Waals surface area contributed by atoms with Crippen LogP contribution in [0, 0.1) is 12.7 Å². The molecule has 19 heavy (non-hydrogen) atoms. The Hall–Kier alpha value is -2.49. The molecule has 94 valence electrons. The van der Waals surface area contributed by atoms with Gasteiger partial charge in [-0.25, -0.2) is 4.39 Å². The van der Waals surface area contributed by atoms with Gasteiger partial charge in [0, 0.05) is 11.3 Å². The van der Waals surface area contributed by atoms with Crippen LogP contribution in [0.25, 0.3) is 17.1 Å². The molecular formula is C15H12FN3. The van der Waals surface area contributed by atoms with Crippen LogP contribution in [0.4, 0.5) is 4.39 Å². The van der Waals surface area contributed by atoms with E-state index in [0.717, 1.165) is 16.8 Å². The number of rotatable bonds is 2. The normalized spacial score (nSPS) is 10.6. The van der Waals surface area contributed by atoms with Crippen LogP contribution in [0.5, 0.6) is 0 Å². The van der Waals surface area contributed by atoms with Crippen molar-refractivity contribution >= 4 is 0 Å². The van der Waals surface area contributed by atoms with Crippen molar-refractivity contribution in [2.24, 2.45) is 0 Å². The summed E-state index contributed by atoms with van der Waals surface area (Å²) < 4.78 is 15.3. The molecule has 0 amide bonds. The predicted molar refractivity (Wildman–Crippen MR) is 71.5 cm³/mol. The first kappa shape index (κ1) is 11.6. The first-order chi connectivity index (χ1) is 9.24. The van der Waals surface area contributed by atoms with Crippen molar-refractivity contribution in [3.63, 3.8) is 0 Å². The lowest BCUT2D eigenvalue weighted by atomic mass is 10.1. The quantitative estimate of drug-likeness (QED) is 0.701. The van der Waals surface area contributed by atoms with Crippen LogP contribution >= 0.6 is 0 Å². The summed E-state index contributed by atoms with van der Waals surface area (Å²) in [6.45, 7) is 1.86. The fraction of sp³-hybridized carbons (Fsp3) is 0.0667. The molecule has 0 spiro atoms. The third kappa shape index (κ3) is 2.25. The molecule has 0 saturated carbocycles. The van der Waals surface area contributed by atoms with Gasteiger partial charge >= 0.3 is 0 Å². The first-order valence-electron chi connectivity index (χ1n) is 5.97. The second-order valence-corrected chi connectivity index (χ2v) is 4.38. The molecule has 0 atom stereocenters. The Bertz CT molecular complexity index is 684. The maximum atomic E-state index is 13.5. The third-order valence-corrected chi connectivity index (χ3v) is 2.88. The summed E-state index contributed by atoms with van der Waals surface area (Å²) in [5.41, 5.74) is 2.53. The Morgan fingerprint density at radius 2 is 1.84 bits per heavy atom. The highest BCUT2D eigenvalue weighted by atomic mass is 19.1. The highest BCUT2D eigenvalue weighted by molar-refractivity contribution is 5.59. The molecule has 1 heterocycles. The maximum Gasteiger partial charge on any atom is 0.168 e. The van der Waals surface area contributed by atoms with Crippen LogP contribution in [0.2, 0.25) is 0 Å². The minimum absolute atomic E-state index is 0.266. The summed E-state index contributed by atoms with van der Waals surface area (Å²) >= 11 is 0. The molecule has 0 aliphatic carbocycles. The Balaban J connectivity index is 2.15. The van der Waals surface area contributed by atoms with Gasteiger partial charge in [0.2, 0.25) is 0 Å². The highest BCUT2D eigenvalue weighted by Gasteiger charge is 2.10. The van der Waals surface area contributed by atoms with Gasteiger partial charge in [-0.1, -0.05) is 18.2 Å². The highest BCUT2D eigenvalue weighted by Crippen LogP contribution is 2.22. The van der Waals surface area contributed by atoms with Crippen LogP contribution < -0.4 is 0 Å². The minimum Gasteiger partial charge on any atom is -0.282 e. The molecule has 0 aliphatic rings. The van der Waals surface area contributed by atoms with Gasteiger partial charge in [0.15, 0.2) is 5.82 Å². The monoisotopic (exact) mass is 253 g/mol. The molecule has 0 aliphatic heterocycles. The van der Waals surface area contributed by atoms with Crippen LogP contribution in [0.15, 0.2) is 54.9 Å². The van der Waals surface area contributed by atoms with E-state index in [9.17, 15) is 4.39 Å². The maximum absolute atomic E-state index is 13.5. The topological polar surface area (TPSA) is 30.7 Å². The number of hydrogen-bond donors (Lipinski definition) is 0. The fourth-order valence-electron chi connectivity index (χ4n) is 2.07. The average molecular weight is 253 g/mol. The van der Waals surface area contributed by atoms with E-state index < -0.39 is 0 Å². The van der Waals surface area contributed by atoms with Gasteiger partial charge in [-0.15, -0.1) is 10.2 Å². The summed E-state index contributed by atoms with van der Waals surface area (Å²) in [4.78, 5) is 0. The van der Waals surface area contributed by atoms with Gasteiger partial charge in [0.1, 0.15) is 12.1 Å². The lowest BCUT2D eigenvalue weighted by molar-refractivity contribution is 0.627. The molecule has 3 rings (SSSR count). The molecule has 0 bridgehead atoms. The number of para-hydroxylation sites is 1. The molecule has 0 N–H and O–H groups in total. The predicted octanol–water partition coefficient (Wildman–Crippen LogP) is 3.38. The minimum atomic E-state index is -0.266. The smallest absolute Gasteiger partial charge is 0.168 e. The van der Waals surface area contributed by atoms with Gasteiger partial charge < -0.3 is 0 Å². The van der Waals surface area contributed by atoms with Crippen molar-refractivity contribution in [1.82, 2.24) is 14.8 Å². The average Bonchev–Trinajstić information content (AvgIpc) is 2.88. The zero-order valence-corrected chi connectivity index (χ0v) is 10.4. The van der Waals surface area contributed by atoms with Crippen molar-refractivity contribution in [2.45, 2.75) is 6.92 Å². The van der Waals surface area contributed by atoms with Gasteiger partial charge in [-0.05, 0) is 42.8 Å². The molecular weight excluding hydrogens is 241 g/mol. The number of hydrogen-bond acceptors (Lipinski definition) is 2. The fourth-order valence-corrected chi connectivity index (χ4v) is 2.07. The second kappa shape index (κ2) is 4.65. The number of aryl methyl sites for hydroxylation is 1. The van der Waals surface area contributed by atoms with E-state index in [1.54, 1.807) is 6.33 Å². The van der Waals surface area contributed by atoms with E-state index in [4.69, 9.17) is 0 Å². The van der Waals surface area contributed by atoms with Crippen molar-refractivity contribution in [2.75, 3.05) is 0 Å². The summed E-state index contributed by atoms with van der Waals surface area (Å²) in [6.07, 6.45) is 1.63. The number of aromatic nitrogens is 3. The standard InChI is InChI=1S/C15H12FN3/c1-11-7-12(9-13(16)8-11)15-18-17-10-19(15)14-5-3-2-4-6-14/h2-10H,1H3. The zero-order chi connectivity index (χ0) is 13.2. The number of halogens is 1. The number of nitrogens with zero attached hydrogens (tertiary/aromatic N) is 3. The van der Waals surface area contributed by atoms with Crippen molar-refractivity contribution < 1.29 is 4.39 Å². The molecule has 1 aromatic heterocycles. The Kier molecular flexibility index (Phi) is 2.83. The van der Waals surface area contributed by atoms with E-state index >= 15 is 0 Å². The lowest BCUT2D eigenvalue weighted by Crippen LogP contribution is -1.96. The number of benzene rings is 2. The third-order valence-electron chi connectivity index (χ3n) is 2.88. The van der Waals surface area contributed by atoms with Gasteiger partial charge in [-0.3, -0.25) is 4.57 Å². The summed E-state index contributed by atoms with van der Waals surface area (Å²) in [5, 5.41) is 8.02. The van der Waals surface area contributed by atoms with E-state index in [1.807, 2.05) is 47.9 Å². The van der Waals surface area contributed by atoms with E-state index in [2.05, 4.69) is 10.2 Å². The Labute approximate surface area is 110 Å². The molecule has 3 nitrogen and oxygen atoms in total. The van der Waals surface area contributed by atoms with Crippen molar-refractivity contribution in [3.8, 4) is 17.1 Å². The molecule has 0 fully saturated rings. The van der Waals surface area contributed by atoms with Gasteiger partial charge in [-0.2, -0.15) is 0 Å². The van der Waals surface area contributed by atoms with Gasteiger partial charge in [0.05, 0.1) is 0 Å². The SMILES string of the molecule is Cc1cc(F)cc(-c2nncn2-c2ccccc2)c1. The van der Waals surface area contributed by atoms with E-state index in [-0.39, 0.29) is 5.82 Å². The van der Waals surface area contributed by atoms with E-state index in [1.165, 1.54) is 12.1 Å². The van der Waals surface area contributed by atoms with Crippen LogP contribution in [0.1, 0.15) is 5.56 Å². The van der Waals surface area contributed by atoms with Crippen LogP contribution in [-0.2, 0) is 0 Å². The lowest BCUT2D eigenvalue weighted by Gasteiger charge is -2.07. The molecule has 0 radical (unpaired) electrons. The molecule has 2 aromatic carbocycles. The second-order valence-electron chi connectivity index (χ2n) is 4.38. The zero-order valence-electron chi connectivity index (χ0n) is 10.4. The molecule has 0 unspecified atom stereocenters. The van der Waals surface area contributed by atoms with Crippen molar-refractivity contribution in [3.05, 3.63) is 66.2 Å². The van der Waals surface area contributed by atoms with E-state index in [0.29, 0.717) is 5.82 Å². The van der Waals surface area contributed by atoms with Gasteiger partial charge in [0.25, 0.3) is 0 Å². The first-order valence-corrected chi connectivity index (χ1v) is 5.97. The largest absolute Gasteiger partial charge is 0.282 e. The Morgan fingerprint density at radius 1 is 1.05 bits per heavy atom. The molecule has 0 saturated heterocycles. The summed E-state index contributed by atoms with van der Waals surface area (Å²) in [6, 6.07) is 14.6.